The molecule has 0 aliphatic carbocycles. The molecule has 3 aromatic carbocycles. The summed E-state index contributed by atoms with van der Waals surface area (Å²) in [7, 11) is 1.67. The average Bonchev–Trinajstić information content (AvgIpc) is 3.16. The Bertz CT molecular complexity index is 1150. The van der Waals surface area contributed by atoms with Gasteiger partial charge in [0.1, 0.15) is 5.01 Å². The molecule has 4 nitrogen and oxygen atoms in total. The summed E-state index contributed by atoms with van der Waals surface area (Å²) < 4.78 is 12.5. The first-order valence-electron chi connectivity index (χ1n) is 10.1. The zero-order valence-electron chi connectivity index (χ0n) is 17.7. The van der Waals surface area contributed by atoms with Crippen molar-refractivity contribution in [3.63, 3.8) is 0 Å². The highest BCUT2D eigenvalue weighted by atomic mass is 32.1. The van der Waals surface area contributed by atoms with Crippen LogP contribution in [0, 0.1) is 6.92 Å². The van der Waals surface area contributed by atoms with Crippen LogP contribution in [0.2, 0.25) is 0 Å². The molecule has 0 atom stereocenters. The number of ether oxygens (including phenoxy) is 2. The van der Waals surface area contributed by atoms with Gasteiger partial charge in [0.15, 0.2) is 11.5 Å². The highest BCUT2D eigenvalue weighted by Crippen LogP contribution is 2.32. The predicted molar refractivity (Wildman–Crippen MR) is 126 cm³/mol. The number of anilines is 1. The maximum Gasteiger partial charge on any atom is 0.161 e. The van der Waals surface area contributed by atoms with Crippen LogP contribution in [0.3, 0.4) is 0 Å². The lowest BCUT2D eigenvalue weighted by molar-refractivity contribution is 0.230. The molecule has 4 aromatic rings. The van der Waals surface area contributed by atoms with Crippen LogP contribution >= 0.6 is 11.3 Å². The molecule has 0 bridgehead atoms. The topological polar surface area (TPSA) is 43.4 Å². The molecule has 0 radical (unpaired) electrons. The Hall–Kier alpha value is -3.05. The van der Waals surface area contributed by atoms with Gasteiger partial charge in [-0.1, -0.05) is 12.1 Å². The quantitative estimate of drug-likeness (QED) is 0.363. The van der Waals surface area contributed by atoms with Crippen molar-refractivity contribution in [2.45, 2.75) is 33.4 Å². The van der Waals surface area contributed by atoms with E-state index in [1.165, 1.54) is 10.3 Å². The molecule has 1 N–H and O–H groups in total. The SMILES string of the molecule is COc1cc(CNc2ccc(-c3nc4ccc(C)cc4s3)cc2)ccc1OC(C)C. The standard InChI is InChI=1S/C25H26N2O2S/c1-16(2)29-22-12-6-18(14-23(22)28-4)15-26-20-9-7-19(8-10-20)25-27-21-11-5-17(3)13-24(21)30-25/h5-14,16,26H,15H2,1-4H3. The first kappa shape index (κ1) is 20.2. The zero-order valence-corrected chi connectivity index (χ0v) is 18.5. The maximum atomic E-state index is 5.79. The molecule has 0 saturated heterocycles. The molecule has 154 valence electrons. The van der Waals surface area contributed by atoms with Crippen molar-refractivity contribution < 1.29 is 9.47 Å². The molecule has 4 rings (SSSR count). The molecule has 0 unspecified atom stereocenters. The van der Waals surface area contributed by atoms with Crippen LogP contribution in [0.5, 0.6) is 11.5 Å². The van der Waals surface area contributed by atoms with Crippen molar-refractivity contribution in [2.24, 2.45) is 0 Å². The lowest BCUT2D eigenvalue weighted by Crippen LogP contribution is -2.07. The second kappa shape index (κ2) is 8.76. The van der Waals surface area contributed by atoms with E-state index in [9.17, 15) is 0 Å². The van der Waals surface area contributed by atoms with Crippen LogP contribution in [-0.4, -0.2) is 18.2 Å². The third kappa shape index (κ3) is 4.57. The summed E-state index contributed by atoms with van der Waals surface area (Å²) in [5.41, 5.74) is 5.65. The molecule has 0 aliphatic rings. The zero-order chi connectivity index (χ0) is 21.1. The number of rotatable bonds is 7. The van der Waals surface area contributed by atoms with E-state index in [4.69, 9.17) is 14.5 Å². The molecular formula is C25H26N2O2S. The van der Waals surface area contributed by atoms with Crippen LogP contribution in [0.25, 0.3) is 20.8 Å². The van der Waals surface area contributed by atoms with Gasteiger partial charge in [-0.3, -0.25) is 0 Å². The number of benzene rings is 3. The van der Waals surface area contributed by atoms with Crippen molar-refractivity contribution >= 4 is 27.2 Å². The van der Waals surface area contributed by atoms with E-state index in [2.05, 4.69) is 60.8 Å². The number of hydrogen-bond acceptors (Lipinski definition) is 5. The second-order valence-corrected chi connectivity index (χ2v) is 8.60. The number of fused-ring (bicyclic) bond motifs is 1. The minimum Gasteiger partial charge on any atom is -0.493 e. The van der Waals surface area contributed by atoms with E-state index in [0.717, 1.165) is 38.8 Å². The van der Waals surface area contributed by atoms with Gasteiger partial charge in [0, 0.05) is 17.8 Å². The summed E-state index contributed by atoms with van der Waals surface area (Å²) in [5.74, 6) is 1.52. The van der Waals surface area contributed by atoms with E-state index >= 15 is 0 Å². The smallest absolute Gasteiger partial charge is 0.161 e. The second-order valence-electron chi connectivity index (χ2n) is 7.57. The normalized spacial score (nSPS) is 11.1. The third-order valence-corrected chi connectivity index (χ3v) is 5.83. The Morgan fingerprint density at radius 3 is 2.50 bits per heavy atom. The van der Waals surface area contributed by atoms with E-state index in [-0.39, 0.29) is 6.10 Å². The van der Waals surface area contributed by atoms with Gasteiger partial charge in [0.2, 0.25) is 0 Å². The molecule has 1 aromatic heterocycles. The molecule has 0 amide bonds. The van der Waals surface area contributed by atoms with Crippen molar-refractivity contribution in [2.75, 3.05) is 12.4 Å². The third-order valence-electron chi connectivity index (χ3n) is 4.76. The molecule has 0 aliphatic heterocycles. The summed E-state index contributed by atoms with van der Waals surface area (Å²) >= 11 is 1.73. The van der Waals surface area contributed by atoms with Gasteiger partial charge in [-0.05, 0) is 80.4 Å². The maximum absolute atomic E-state index is 5.79. The summed E-state index contributed by atoms with van der Waals surface area (Å²) in [6.45, 7) is 6.83. The fourth-order valence-corrected chi connectivity index (χ4v) is 4.33. The lowest BCUT2D eigenvalue weighted by atomic mass is 10.1. The van der Waals surface area contributed by atoms with Crippen LogP contribution in [-0.2, 0) is 6.54 Å². The molecule has 5 heteroatoms. The molecule has 0 fully saturated rings. The summed E-state index contributed by atoms with van der Waals surface area (Å²) in [6, 6.07) is 20.9. The minimum atomic E-state index is 0.112. The highest BCUT2D eigenvalue weighted by molar-refractivity contribution is 7.21. The Morgan fingerprint density at radius 2 is 1.77 bits per heavy atom. The fraction of sp³-hybridized carbons (Fsp3) is 0.240. The average molecular weight is 419 g/mol. The van der Waals surface area contributed by atoms with Crippen LogP contribution < -0.4 is 14.8 Å². The number of aryl methyl sites for hydroxylation is 1. The number of hydrogen-bond donors (Lipinski definition) is 1. The Morgan fingerprint density at radius 1 is 0.967 bits per heavy atom. The van der Waals surface area contributed by atoms with Gasteiger partial charge in [-0.25, -0.2) is 4.98 Å². The summed E-state index contributed by atoms with van der Waals surface area (Å²) in [5, 5.41) is 4.52. The number of methoxy groups -OCH3 is 1. The first-order valence-corrected chi connectivity index (χ1v) is 10.9. The largest absolute Gasteiger partial charge is 0.493 e. The summed E-state index contributed by atoms with van der Waals surface area (Å²) in [4.78, 5) is 4.77. The van der Waals surface area contributed by atoms with Gasteiger partial charge in [-0.2, -0.15) is 0 Å². The van der Waals surface area contributed by atoms with E-state index < -0.39 is 0 Å². The van der Waals surface area contributed by atoms with E-state index in [0.29, 0.717) is 6.54 Å². The number of aromatic nitrogens is 1. The van der Waals surface area contributed by atoms with E-state index in [1.807, 2.05) is 26.0 Å². The highest BCUT2D eigenvalue weighted by Gasteiger charge is 2.09. The molecule has 1 heterocycles. The first-order chi connectivity index (χ1) is 14.5. The van der Waals surface area contributed by atoms with Crippen LogP contribution in [0.15, 0.2) is 60.7 Å². The molecular weight excluding hydrogens is 392 g/mol. The predicted octanol–water partition coefficient (Wildman–Crippen LogP) is 6.68. The molecule has 30 heavy (non-hydrogen) atoms. The van der Waals surface area contributed by atoms with E-state index in [1.54, 1.807) is 18.4 Å². The van der Waals surface area contributed by atoms with Crippen molar-refractivity contribution in [3.8, 4) is 22.1 Å². The van der Waals surface area contributed by atoms with Gasteiger partial charge in [-0.15, -0.1) is 11.3 Å². The summed E-state index contributed by atoms with van der Waals surface area (Å²) in [6.07, 6.45) is 0.112. The van der Waals surface area contributed by atoms with Crippen LogP contribution in [0.4, 0.5) is 5.69 Å². The Kier molecular flexibility index (Phi) is 5.91. The number of nitrogens with zero attached hydrogens (tertiary/aromatic N) is 1. The van der Waals surface area contributed by atoms with Gasteiger partial charge < -0.3 is 14.8 Å². The lowest BCUT2D eigenvalue weighted by Gasteiger charge is -2.15. The Balaban J connectivity index is 1.44. The monoisotopic (exact) mass is 418 g/mol. The van der Waals surface area contributed by atoms with Crippen LogP contribution in [0.1, 0.15) is 25.0 Å². The van der Waals surface area contributed by atoms with Crippen molar-refractivity contribution in [1.82, 2.24) is 4.98 Å². The van der Waals surface area contributed by atoms with Gasteiger partial charge in [0.05, 0.1) is 23.4 Å². The number of nitrogens with one attached hydrogen (secondary N) is 1. The van der Waals surface area contributed by atoms with Gasteiger partial charge >= 0.3 is 0 Å². The molecule has 0 spiro atoms. The minimum absolute atomic E-state index is 0.112. The van der Waals surface area contributed by atoms with Gasteiger partial charge in [0.25, 0.3) is 0 Å². The van der Waals surface area contributed by atoms with Crippen molar-refractivity contribution in [3.05, 3.63) is 71.8 Å². The Labute approximate surface area is 181 Å². The molecule has 0 saturated carbocycles. The number of thiazole rings is 1. The van der Waals surface area contributed by atoms with Crippen molar-refractivity contribution in [1.29, 1.82) is 0 Å². The fourth-order valence-electron chi connectivity index (χ4n) is 3.26.